The number of hydrogen-bond donors (Lipinski definition) is 0. The van der Waals surface area contributed by atoms with Gasteiger partial charge < -0.3 is 4.74 Å². The lowest BCUT2D eigenvalue weighted by molar-refractivity contribution is -0.384. The fourth-order valence-corrected chi connectivity index (χ4v) is 3.33. The van der Waals surface area contributed by atoms with E-state index in [1.807, 2.05) is 0 Å². The predicted molar refractivity (Wildman–Crippen MR) is 67.6 cm³/mol. The summed E-state index contributed by atoms with van der Waals surface area (Å²) in [4.78, 5) is 10.2. The molecule has 0 saturated heterocycles. The van der Waals surface area contributed by atoms with E-state index in [-0.39, 0.29) is 10.6 Å². The van der Waals surface area contributed by atoms with Crippen molar-refractivity contribution in [3.05, 3.63) is 34.4 Å². The highest BCUT2D eigenvalue weighted by Gasteiger charge is 2.36. The number of benzene rings is 1. The van der Waals surface area contributed by atoms with Gasteiger partial charge in [0.1, 0.15) is 11.9 Å². The van der Waals surface area contributed by atoms with Crippen LogP contribution >= 0.6 is 0 Å². The Labute approximate surface area is 106 Å². The van der Waals surface area contributed by atoms with Crippen LogP contribution in [0.15, 0.2) is 24.3 Å². The van der Waals surface area contributed by atoms with Crippen LogP contribution in [0.25, 0.3) is 0 Å². The zero-order valence-electron chi connectivity index (χ0n) is 10.2. The highest BCUT2D eigenvalue weighted by molar-refractivity contribution is 5.36. The van der Waals surface area contributed by atoms with Gasteiger partial charge in [0.2, 0.25) is 0 Å². The topological polar surface area (TPSA) is 52.4 Å². The van der Waals surface area contributed by atoms with Crippen molar-refractivity contribution in [1.29, 1.82) is 0 Å². The molecule has 0 aromatic heterocycles. The third-order valence-electron chi connectivity index (χ3n) is 4.30. The summed E-state index contributed by atoms with van der Waals surface area (Å²) >= 11 is 0. The van der Waals surface area contributed by atoms with Crippen molar-refractivity contribution in [2.45, 2.75) is 38.2 Å². The average molecular weight is 247 g/mol. The molecule has 2 aliphatic carbocycles. The van der Waals surface area contributed by atoms with Gasteiger partial charge in [-0.2, -0.15) is 0 Å². The Morgan fingerprint density at radius 1 is 1.11 bits per heavy atom. The lowest BCUT2D eigenvalue weighted by Gasteiger charge is -2.29. The number of non-ortho nitro benzene ring substituents is 1. The first kappa shape index (κ1) is 11.5. The van der Waals surface area contributed by atoms with Crippen LogP contribution in [-0.4, -0.2) is 11.0 Å². The van der Waals surface area contributed by atoms with E-state index in [1.165, 1.54) is 37.8 Å². The maximum atomic E-state index is 10.6. The van der Waals surface area contributed by atoms with Gasteiger partial charge in [-0.15, -0.1) is 0 Å². The van der Waals surface area contributed by atoms with Crippen LogP contribution in [0.2, 0.25) is 0 Å². The van der Waals surface area contributed by atoms with Crippen LogP contribution in [0.1, 0.15) is 32.1 Å². The van der Waals surface area contributed by atoms with Gasteiger partial charge in [-0.3, -0.25) is 10.1 Å². The van der Waals surface area contributed by atoms with Crippen molar-refractivity contribution in [2.75, 3.05) is 0 Å². The standard InChI is InChI=1S/C14H17NO3/c16-15(17)12-4-6-13(7-5-12)18-14-8-2-10-1-3-11(14)9-10/h4-7,10-11,14H,1-3,8-9H2/t10-,11-,14+/m1/s1. The summed E-state index contributed by atoms with van der Waals surface area (Å²) in [5, 5.41) is 10.6. The van der Waals surface area contributed by atoms with Gasteiger partial charge in [-0.05, 0) is 49.7 Å². The van der Waals surface area contributed by atoms with E-state index in [9.17, 15) is 10.1 Å². The summed E-state index contributed by atoms with van der Waals surface area (Å²) in [6.07, 6.45) is 6.65. The van der Waals surface area contributed by atoms with Crippen molar-refractivity contribution in [1.82, 2.24) is 0 Å². The summed E-state index contributed by atoms with van der Waals surface area (Å²) in [5.41, 5.74) is 0.118. The minimum atomic E-state index is -0.383. The Morgan fingerprint density at radius 2 is 1.83 bits per heavy atom. The van der Waals surface area contributed by atoms with E-state index in [4.69, 9.17) is 4.74 Å². The number of nitro groups is 1. The van der Waals surface area contributed by atoms with Gasteiger partial charge in [-0.25, -0.2) is 0 Å². The second-order valence-corrected chi connectivity index (χ2v) is 5.42. The second kappa shape index (κ2) is 4.59. The van der Waals surface area contributed by atoms with Crippen LogP contribution in [0.3, 0.4) is 0 Å². The van der Waals surface area contributed by atoms with Gasteiger partial charge in [0.05, 0.1) is 4.92 Å². The maximum Gasteiger partial charge on any atom is 0.269 e. The molecule has 0 radical (unpaired) electrons. The van der Waals surface area contributed by atoms with Crippen molar-refractivity contribution in [2.24, 2.45) is 11.8 Å². The molecule has 1 aromatic rings. The highest BCUT2D eigenvalue weighted by Crippen LogP contribution is 2.43. The molecule has 0 N–H and O–H groups in total. The zero-order valence-corrected chi connectivity index (χ0v) is 10.2. The van der Waals surface area contributed by atoms with Gasteiger partial charge in [0.15, 0.2) is 0 Å². The van der Waals surface area contributed by atoms with Gasteiger partial charge in [0.25, 0.3) is 5.69 Å². The minimum absolute atomic E-state index is 0.118. The van der Waals surface area contributed by atoms with Gasteiger partial charge in [-0.1, -0.05) is 6.42 Å². The predicted octanol–water partition coefficient (Wildman–Crippen LogP) is 3.55. The molecule has 4 nitrogen and oxygen atoms in total. The first-order valence-corrected chi connectivity index (χ1v) is 6.63. The molecule has 0 amide bonds. The normalized spacial score (nSPS) is 30.1. The molecule has 2 fully saturated rings. The second-order valence-electron chi connectivity index (χ2n) is 5.42. The smallest absolute Gasteiger partial charge is 0.269 e. The Morgan fingerprint density at radius 3 is 2.56 bits per heavy atom. The van der Waals surface area contributed by atoms with E-state index in [0.717, 1.165) is 18.1 Å². The SMILES string of the molecule is O=[N+]([O-])c1ccc(O[C@H]2CC[C@H]3CC[C@@H]2C3)cc1. The molecule has 18 heavy (non-hydrogen) atoms. The molecule has 3 rings (SSSR count). The lowest BCUT2D eigenvalue weighted by Crippen LogP contribution is -2.28. The summed E-state index contributed by atoms with van der Waals surface area (Å²) in [5.74, 6) is 2.38. The van der Waals surface area contributed by atoms with Crippen LogP contribution in [0.5, 0.6) is 5.75 Å². The van der Waals surface area contributed by atoms with Crippen LogP contribution in [0.4, 0.5) is 5.69 Å². The minimum Gasteiger partial charge on any atom is -0.490 e. The lowest BCUT2D eigenvalue weighted by atomic mass is 9.87. The number of hydrogen-bond acceptors (Lipinski definition) is 3. The Bertz CT molecular complexity index is 443. The van der Waals surface area contributed by atoms with Crippen LogP contribution in [-0.2, 0) is 0 Å². The maximum absolute atomic E-state index is 10.6. The largest absolute Gasteiger partial charge is 0.490 e. The van der Waals surface area contributed by atoms with Crippen molar-refractivity contribution in [3.63, 3.8) is 0 Å². The molecule has 1 aromatic carbocycles. The monoisotopic (exact) mass is 247 g/mol. The molecular formula is C14H17NO3. The van der Waals surface area contributed by atoms with E-state index >= 15 is 0 Å². The van der Waals surface area contributed by atoms with Gasteiger partial charge >= 0.3 is 0 Å². The number of rotatable bonds is 3. The van der Waals surface area contributed by atoms with E-state index < -0.39 is 0 Å². The van der Waals surface area contributed by atoms with Crippen LogP contribution < -0.4 is 4.74 Å². The zero-order chi connectivity index (χ0) is 12.5. The molecule has 96 valence electrons. The van der Waals surface area contributed by atoms with E-state index in [2.05, 4.69) is 0 Å². The van der Waals surface area contributed by atoms with Crippen molar-refractivity contribution >= 4 is 5.69 Å². The van der Waals surface area contributed by atoms with Crippen molar-refractivity contribution in [3.8, 4) is 5.75 Å². The molecule has 0 unspecified atom stereocenters. The number of fused-ring (bicyclic) bond motifs is 2. The fourth-order valence-electron chi connectivity index (χ4n) is 3.33. The molecule has 0 heterocycles. The molecule has 2 bridgehead atoms. The molecule has 0 aliphatic heterocycles. The average Bonchev–Trinajstić information content (AvgIpc) is 2.76. The molecule has 0 spiro atoms. The quantitative estimate of drug-likeness (QED) is 0.606. The number of ether oxygens (including phenoxy) is 1. The van der Waals surface area contributed by atoms with Crippen molar-refractivity contribution < 1.29 is 9.66 Å². The van der Waals surface area contributed by atoms with E-state index in [0.29, 0.717) is 12.0 Å². The van der Waals surface area contributed by atoms with Crippen LogP contribution in [0, 0.1) is 22.0 Å². The molecule has 4 heteroatoms. The molecular weight excluding hydrogens is 230 g/mol. The number of nitro benzene ring substituents is 1. The third-order valence-corrected chi connectivity index (χ3v) is 4.30. The molecule has 2 saturated carbocycles. The summed E-state index contributed by atoms with van der Waals surface area (Å²) in [7, 11) is 0. The number of nitrogens with zero attached hydrogens (tertiary/aromatic N) is 1. The van der Waals surface area contributed by atoms with E-state index in [1.54, 1.807) is 12.1 Å². The molecule has 2 aliphatic rings. The summed E-state index contributed by atoms with van der Waals surface area (Å²) < 4.78 is 6.00. The summed E-state index contributed by atoms with van der Waals surface area (Å²) in [6.45, 7) is 0. The Balaban J connectivity index is 1.67. The Kier molecular flexibility index (Phi) is 2.94. The fraction of sp³-hybridized carbons (Fsp3) is 0.571. The Hall–Kier alpha value is -1.58. The summed E-state index contributed by atoms with van der Waals surface area (Å²) in [6, 6.07) is 6.43. The molecule has 3 atom stereocenters. The highest BCUT2D eigenvalue weighted by atomic mass is 16.6. The first-order valence-electron chi connectivity index (χ1n) is 6.63. The van der Waals surface area contributed by atoms with Gasteiger partial charge in [0, 0.05) is 12.1 Å². The first-order chi connectivity index (χ1) is 8.72. The third kappa shape index (κ3) is 2.19.